The minimum absolute atomic E-state index is 0.121. The minimum atomic E-state index is -0.910. The Morgan fingerprint density at radius 2 is 1.59 bits per heavy atom. The number of nitrogens with one attached hydrogen (secondary N) is 1. The average molecular weight is 454 g/mol. The lowest BCUT2D eigenvalue weighted by atomic mass is 10.2. The fraction of sp³-hybridized carbons (Fsp3) is 0.240. The van der Waals surface area contributed by atoms with Gasteiger partial charge in [0.25, 0.3) is 0 Å². The number of hydrogen-bond acceptors (Lipinski definition) is 4. The van der Waals surface area contributed by atoms with Crippen LogP contribution >= 0.6 is 11.8 Å². The first-order chi connectivity index (χ1) is 15.6. The molecule has 4 nitrogen and oxygen atoms in total. The third kappa shape index (κ3) is 6.08. The molecule has 1 saturated heterocycles. The number of anilines is 2. The second-order valence-electron chi connectivity index (χ2n) is 7.71. The van der Waals surface area contributed by atoms with Gasteiger partial charge in [0.05, 0.1) is 5.75 Å². The zero-order valence-corrected chi connectivity index (χ0v) is 18.5. The summed E-state index contributed by atoms with van der Waals surface area (Å²) in [5, 5.41) is 2.85. The van der Waals surface area contributed by atoms with Gasteiger partial charge in [-0.25, -0.2) is 8.78 Å². The molecule has 0 radical (unpaired) electrons. The van der Waals surface area contributed by atoms with E-state index in [4.69, 9.17) is 0 Å². The van der Waals surface area contributed by atoms with Crippen LogP contribution in [-0.4, -0.2) is 42.7 Å². The summed E-state index contributed by atoms with van der Waals surface area (Å²) in [6.07, 6.45) is 0. The van der Waals surface area contributed by atoms with Gasteiger partial charge in [0.15, 0.2) is 11.6 Å². The van der Waals surface area contributed by atoms with Crippen LogP contribution in [0, 0.1) is 11.6 Å². The van der Waals surface area contributed by atoms with Gasteiger partial charge in [0.1, 0.15) is 0 Å². The summed E-state index contributed by atoms with van der Waals surface area (Å²) in [4.78, 5) is 17.5. The van der Waals surface area contributed by atoms with Gasteiger partial charge in [0, 0.05) is 49.0 Å². The van der Waals surface area contributed by atoms with E-state index in [0.717, 1.165) is 50.5 Å². The van der Waals surface area contributed by atoms with Crippen LogP contribution in [0.25, 0.3) is 0 Å². The molecule has 166 valence electrons. The van der Waals surface area contributed by atoms with Gasteiger partial charge in [0.2, 0.25) is 5.91 Å². The van der Waals surface area contributed by atoms with Gasteiger partial charge in [-0.05, 0) is 48.0 Å². The Kier molecular flexibility index (Phi) is 7.39. The molecule has 1 N–H and O–H groups in total. The van der Waals surface area contributed by atoms with Crippen molar-refractivity contribution in [3.8, 4) is 0 Å². The Bertz CT molecular complexity index is 1040. The van der Waals surface area contributed by atoms with Crippen molar-refractivity contribution in [2.45, 2.75) is 11.4 Å². The van der Waals surface area contributed by atoms with Gasteiger partial charge in [-0.2, -0.15) is 0 Å². The third-order valence-corrected chi connectivity index (χ3v) is 6.39. The highest BCUT2D eigenvalue weighted by atomic mass is 32.2. The molecule has 0 bridgehead atoms. The lowest BCUT2D eigenvalue weighted by Crippen LogP contribution is -2.45. The average Bonchev–Trinajstić information content (AvgIpc) is 2.82. The van der Waals surface area contributed by atoms with Gasteiger partial charge in [-0.1, -0.05) is 30.3 Å². The molecule has 0 atom stereocenters. The molecule has 1 heterocycles. The zero-order chi connectivity index (χ0) is 22.3. The van der Waals surface area contributed by atoms with Crippen LogP contribution in [0.2, 0.25) is 0 Å². The molecule has 0 saturated carbocycles. The SMILES string of the molecule is O=C(CSc1ccc(F)c(F)c1)Nc1ccc(N2CCN(Cc3ccccc3)CC2)cc1. The van der Waals surface area contributed by atoms with Crippen molar-refractivity contribution in [2.75, 3.05) is 42.1 Å². The number of nitrogens with zero attached hydrogens (tertiary/aromatic N) is 2. The maximum Gasteiger partial charge on any atom is 0.234 e. The highest BCUT2D eigenvalue weighted by Gasteiger charge is 2.17. The van der Waals surface area contributed by atoms with E-state index in [-0.39, 0.29) is 11.7 Å². The highest BCUT2D eigenvalue weighted by molar-refractivity contribution is 8.00. The number of thioether (sulfide) groups is 1. The summed E-state index contributed by atoms with van der Waals surface area (Å²) in [7, 11) is 0. The normalized spacial score (nSPS) is 14.4. The third-order valence-electron chi connectivity index (χ3n) is 5.40. The Hall–Kier alpha value is -2.90. The number of amides is 1. The van der Waals surface area contributed by atoms with Crippen molar-refractivity contribution in [3.05, 3.63) is 90.0 Å². The van der Waals surface area contributed by atoms with Crippen molar-refractivity contribution in [3.63, 3.8) is 0 Å². The standard InChI is InChI=1S/C25H25F2N3OS/c26-23-11-10-22(16-24(23)27)32-18-25(31)28-20-6-8-21(9-7-20)30-14-12-29(13-15-30)17-19-4-2-1-3-5-19/h1-11,16H,12-15,17-18H2,(H,28,31). The number of rotatable bonds is 7. The molecule has 1 amide bonds. The van der Waals surface area contributed by atoms with E-state index in [1.165, 1.54) is 23.4 Å². The van der Waals surface area contributed by atoms with Crippen LogP contribution in [0.4, 0.5) is 20.2 Å². The van der Waals surface area contributed by atoms with E-state index in [1.54, 1.807) is 0 Å². The monoisotopic (exact) mass is 453 g/mol. The molecule has 1 fully saturated rings. The van der Waals surface area contributed by atoms with Crippen LogP contribution in [0.3, 0.4) is 0 Å². The molecule has 0 aliphatic carbocycles. The maximum atomic E-state index is 13.3. The maximum absolute atomic E-state index is 13.3. The molecular formula is C25H25F2N3OS. The molecule has 1 aliphatic rings. The van der Waals surface area contributed by atoms with Crippen molar-refractivity contribution >= 4 is 29.0 Å². The predicted octanol–water partition coefficient (Wildman–Crippen LogP) is 5.02. The fourth-order valence-electron chi connectivity index (χ4n) is 3.67. The van der Waals surface area contributed by atoms with Crippen LogP contribution in [0.15, 0.2) is 77.7 Å². The zero-order valence-electron chi connectivity index (χ0n) is 17.6. The molecule has 0 aromatic heterocycles. The fourth-order valence-corrected chi connectivity index (χ4v) is 4.39. The number of carbonyl (C=O) groups excluding carboxylic acids is 1. The van der Waals surface area contributed by atoms with Crippen molar-refractivity contribution < 1.29 is 13.6 Å². The quantitative estimate of drug-likeness (QED) is 0.510. The summed E-state index contributed by atoms with van der Waals surface area (Å²) in [6.45, 7) is 4.91. The smallest absolute Gasteiger partial charge is 0.234 e. The first-order valence-electron chi connectivity index (χ1n) is 10.6. The summed E-state index contributed by atoms with van der Waals surface area (Å²) in [5.41, 5.74) is 3.19. The van der Waals surface area contributed by atoms with Crippen molar-refractivity contribution in [1.29, 1.82) is 0 Å². The van der Waals surface area contributed by atoms with E-state index in [0.29, 0.717) is 10.6 Å². The van der Waals surface area contributed by atoms with Crippen LogP contribution in [0.1, 0.15) is 5.56 Å². The van der Waals surface area contributed by atoms with Gasteiger partial charge >= 0.3 is 0 Å². The Labute approximate surface area is 191 Å². The van der Waals surface area contributed by atoms with Crippen molar-refractivity contribution in [2.24, 2.45) is 0 Å². The second-order valence-corrected chi connectivity index (χ2v) is 8.76. The Morgan fingerprint density at radius 3 is 2.28 bits per heavy atom. The molecule has 7 heteroatoms. The molecule has 4 rings (SSSR count). The molecular weight excluding hydrogens is 428 g/mol. The lowest BCUT2D eigenvalue weighted by Gasteiger charge is -2.36. The predicted molar refractivity (Wildman–Crippen MR) is 126 cm³/mol. The summed E-state index contributed by atoms with van der Waals surface area (Å²) < 4.78 is 26.3. The first kappa shape index (κ1) is 22.3. The van der Waals surface area contributed by atoms with Gasteiger partial charge in [-0.3, -0.25) is 9.69 Å². The van der Waals surface area contributed by atoms with E-state index in [2.05, 4.69) is 39.4 Å². The molecule has 0 unspecified atom stereocenters. The lowest BCUT2D eigenvalue weighted by molar-refractivity contribution is -0.113. The second kappa shape index (κ2) is 10.6. The number of carbonyl (C=O) groups is 1. The molecule has 32 heavy (non-hydrogen) atoms. The molecule has 3 aromatic rings. The van der Waals surface area contributed by atoms with E-state index in [1.807, 2.05) is 30.3 Å². The van der Waals surface area contributed by atoms with Crippen LogP contribution in [-0.2, 0) is 11.3 Å². The summed E-state index contributed by atoms with van der Waals surface area (Å²) in [5.74, 6) is -1.87. The number of piperazine rings is 1. The highest BCUT2D eigenvalue weighted by Crippen LogP contribution is 2.22. The molecule has 3 aromatic carbocycles. The van der Waals surface area contributed by atoms with Crippen molar-refractivity contribution in [1.82, 2.24) is 4.90 Å². The van der Waals surface area contributed by atoms with E-state index >= 15 is 0 Å². The first-order valence-corrected chi connectivity index (χ1v) is 11.5. The molecule has 1 aliphatic heterocycles. The van der Waals surface area contributed by atoms with Crippen LogP contribution < -0.4 is 10.2 Å². The van der Waals surface area contributed by atoms with E-state index in [9.17, 15) is 13.6 Å². The minimum Gasteiger partial charge on any atom is -0.369 e. The topological polar surface area (TPSA) is 35.6 Å². The van der Waals surface area contributed by atoms with Gasteiger partial charge < -0.3 is 10.2 Å². The number of halogens is 2. The summed E-state index contributed by atoms with van der Waals surface area (Å²) >= 11 is 1.17. The Morgan fingerprint density at radius 1 is 0.875 bits per heavy atom. The Balaban J connectivity index is 1.23. The number of hydrogen-bond donors (Lipinski definition) is 1. The van der Waals surface area contributed by atoms with Crippen LogP contribution in [0.5, 0.6) is 0 Å². The van der Waals surface area contributed by atoms with E-state index < -0.39 is 11.6 Å². The van der Waals surface area contributed by atoms with Gasteiger partial charge in [-0.15, -0.1) is 11.8 Å². The summed E-state index contributed by atoms with van der Waals surface area (Å²) in [6, 6.07) is 22.0. The number of benzene rings is 3. The largest absolute Gasteiger partial charge is 0.369 e. The molecule has 0 spiro atoms.